The summed E-state index contributed by atoms with van der Waals surface area (Å²) < 4.78 is 10.6. The molecule has 2 N–H and O–H groups in total. The molecule has 2 atom stereocenters. The fourth-order valence-electron chi connectivity index (χ4n) is 2.43. The van der Waals surface area contributed by atoms with Crippen molar-refractivity contribution in [1.82, 2.24) is 10.6 Å². The first-order valence-electron chi connectivity index (χ1n) is 7.14. The molecule has 1 aromatic rings. The van der Waals surface area contributed by atoms with Crippen molar-refractivity contribution in [2.45, 2.75) is 19.4 Å². The van der Waals surface area contributed by atoms with Crippen LogP contribution in [-0.2, 0) is 9.53 Å². The van der Waals surface area contributed by atoms with Crippen LogP contribution < -0.4 is 15.4 Å². The summed E-state index contributed by atoms with van der Waals surface area (Å²) in [6, 6.07) is 6.33. The highest BCUT2D eigenvalue weighted by molar-refractivity contribution is 5.85. The zero-order chi connectivity index (χ0) is 16.1. The van der Waals surface area contributed by atoms with Crippen molar-refractivity contribution in [3.8, 4) is 5.75 Å². The number of hydrogen-bond acceptors (Lipinski definition) is 4. The summed E-state index contributed by atoms with van der Waals surface area (Å²) in [5.41, 5.74) is 1.04. The minimum Gasteiger partial charge on any atom is -0.493 e. The Hall–Kier alpha value is -2.50. The Bertz CT molecular complexity index is 585. The molecule has 0 saturated carbocycles. The van der Waals surface area contributed by atoms with Gasteiger partial charge in [-0.25, -0.2) is 4.79 Å². The molecular formula is C16H20N2O4. The highest BCUT2D eigenvalue weighted by atomic mass is 16.5. The standard InChI is InChI=1S/C16H20N2O4/c1-4-9-22-12-8-6-5-7-11(12)14-13(15(19)21-3)10(2)17-16(20)18-14/h5-8,13-14H,2,4,9H2,1,3H3,(H2,17,18,20)/t13-,14+/m0/s1. The molecule has 0 aromatic heterocycles. The molecule has 1 heterocycles. The van der Waals surface area contributed by atoms with Gasteiger partial charge in [0.25, 0.3) is 0 Å². The van der Waals surface area contributed by atoms with Crippen LogP contribution in [0, 0.1) is 5.92 Å². The van der Waals surface area contributed by atoms with Crippen LogP contribution in [0.5, 0.6) is 5.75 Å². The largest absolute Gasteiger partial charge is 0.493 e. The number of urea groups is 1. The van der Waals surface area contributed by atoms with E-state index in [-0.39, 0.29) is 0 Å². The van der Waals surface area contributed by atoms with E-state index in [4.69, 9.17) is 9.47 Å². The van der Waals surface area contributed by atoms with Gasteiger partial charge in [0.05, 0.1) is 19.8 Å². The third kappa shape index (κ3) is 3.21. The van der Waals surface area contributed by atoms with Crippen LogP contribution in [0.4, 0.5) is 4.79 Å². The van der Waals surface area contributed by atoms with Gasteiger partial charge in [0.15, 0.2) is 0 Å². The molecule has 6 nitrogen and oxygen atoms in total. The van der Waals surface area contributed by atoms with Crippen molar-refractivity contribution >= 4 is 12.0 Å². The van der Waals surface area contributed by atoms with Gasteiger partial charge < -0.3 is 20.1 Å². The molecule has 0 bridgehead atoms. The topological polar surface area (TPSA) is 76.7 Å². The first-order chi connectivity index (χ1) is 10.6. The smallest absolute Gasteiger partial charge is 0.319 e. The van der Waals surface area contributed by atoms with Crippen LogP contribution in [0.1, 0.15) is 24.9 Å². The number of carbonyl (C=O) groups excluding carboxylic acids is 2. The quantitative estimate of drug-likeness (QED) is 0.817. The van der Waals surface area contributed by atoms with Crippen molar-refractivity contribution < 1.29 is 19.1 Å². The van der Waals surface area contributed by atoms with Gasteiger partial charge in [-0.05, 0) is 12.5 Å². The zero-order valence-electron chi connectivity index (χ0n) is 12.7. The molecule has 22 heavy (non-hydrogen) atoms. The highest BCUT2D eigenvalue weighted by Crippen LogP contribution is 2.35. The number of benzene rings is 1. The van der Waals surface area contributed by atoms with Crippen LogP contribution >= 0.6 is 0 Å². The van der Waals surface area contributed by atoms with Gasteiger partial charge in [0.2, 0.25) is 0 Å². The Balaban J connectivity index is 2.40. The number of esters is 1. The second-order valence-corrected chi connectivity index (χ2v) is 4.99. The molecule has 6 heteroatoms. The maximum atomic E-state index is 12.1. The molecule has 1 aromatic carbocycles. The molecule has 1 saturated heterocycles. The number of rotatable bonds is 5. The lowest BCUT2D eigenvalue weighted by molar-refractivity contribution is -0.145. The maximum absolute atomic E-state index is 12.1. The van der Waals surface area contributed by atoms with Crippen LogP contribution in [-0.4, -0.2) is 25.7 Å². The molecule has 0 spiro atoms. The molecule has 2 amide bonds. The predicted octanol–water partition coefficient (Wildman–Crippen LogP) is 2.13. The van der Waals surface area contributed by atoms with Gasteiger partial charge in [0, 0.05) is 11.3 Å². The molecule has 1 fully saturated rings. The summed E-state index contributed by atoms with van der Waals surface area (Å²) in [4.78, 5) is 23.8. The van der Waals surface area contributed by atoms with E-state index in [1.54, 1.807) is 0 Å². The summed E-state index contributed by atoms with van der Waals surface area (Å²) in [6.45, 7) is 6.33. The van der Waals surface area contributed by atoms with E-state index < -0.39 is 24.0 Å². The monoisotopic (exact) mass is 304 g/mol. The third-order valence-electron chi connectivity index (χ3n) is 3.44. The fraction of sp³-hybridized carbons (Fsp3) is 0.375. The van der Waals surface area contributed by atoms with E-state index in [2.05, 4.69) is 17.2 Å². The molecular weight excluding hydrogens is 284 g/mol. The SMILES string of the molecule is C=C1NC(=O)N[C@H](c2ccccc2OCCC)[C@H]1C(=O)OC. The maximum Gasteiger partial charge on any atom is 0.319 e. The van der Waals surface area contributed by atoms with E-state index in [0.717, 1.165) is 12.0 Å². The number of nitrogens with one attached hydrogen (secondary N) is 2. The number of ether oxygens (including phenoxy) is 2. The second kappa shape index (κ2) is 6.98. The second-order valence-electron chi connectivity index (χ2n) is 4.99. The fourth-order valence-corrected chi connectivity index (χ4v) is 2.43. The van der Waals surface area contributed by atoms with E-state index in [1.165, 1.54) is 7.11 Å². The lowest BCUT2D eigenvalue weighted by Gasteiger charge is -2.33. The number of carbonyl (C=O) groups is 2. The summed E-state index contributed by atoms with van der Waals surface area (Å²) in [5.74, 6) is -0.542. The Kier molecular flexibility index (Phi) is 5.04. The number of para-hydroxylation sites is 1. The summed E-state index contributed by atoms with van der Waals surface area (Å²) in [5, 5.41) is 5.27. The Morgan fingerprint density at radius 3 is 2.77 bits per heavy atom. The lowest BCUT2D eigenvalue weighted by atomic mass is 9.88. The van der Waals surface area contributed by atoms with Gasteiger partial charge in [0.1, 0.15) is 11.7 Å². The number of methoxy groups -OCH3 is 1. The highest BCUT2D eigenvalue weighted by Gasteiger charge is 2.39. The Morgan fingerprint density at radius 2 is 2.09 bits per heavy atom. The Labute approximate surface area is 129 Å². The molecule has 0 radical (unpaired) electrons. The minimum atomic E-state index is -0.714. The summed E-state index contributed by atoms with van der Waals surface area (Å²) >= 11 is 0. The van der Waals surface area contributed by atoms with Gasteiger partial charge in [-0.3, -0.25) is 4.79 Å². The molecule has 2 rings (SSSR count). The first-order valence-corrected chi connectivity index (χ1v) is 7.14. The molecule has 118 valence electrons. The van der Waals surface area contributed by atoms with Crippen molar-refractivity contribution in [1.29, 1.82) is 0 Å². The zero-order valence-corrected chi connectivity index (χ0v) is 12.7. The molecule has 0 unspecified atom stereocenters. The van der Waals surface area contributed by atoms with E-state index in [0.29, 0.717) is 18.1 Å². The average molecular weight is 304 g/mol. The van der Waals surface area contributed by atoms with E-state index in [9.17, 15) is 9.59 Å². The van der Waals surface area contributed by atoms with Crippen LogP contribution in [0.25, 0.3) is 0 Å². The van der Waals surface area contributed by atoms with Crippen LogP contribution in [0.2, 0.25) is 0 Å². The molecule has 1 aliphatic heterocycles. The van der Waals surface area contributed by atoms with Crippen molar-refractivity contribution in [2.75, 3.05) is 13.7 Å². The normalized spacial score (nSPS) is 20.8. The van der Waals surface area contributed by atoms with E-state index >= 15 is 0 Å². The van der Waals surface area contributed by atoms with Gasteiger partial charge in [-0.1, -0.05) is 31.7 Å². The predicted molar refractivity (Wildman–Crippen MR) is 81.3 cm³/mol. The van der Waals surface area contributed by atoms with Gasteiger partial charge >= 0.3 is 12.0 Å². The summed E-state index contributed by atoms with van der Waals surface area (Å²) in [7, 11) is 1.31. The molecule has 0 aliphatic carbocycles. The van der Waals surface area contributed by atoms with Crippen molar-refractivity contribution in [2.24, 2.45) is 5.92 Å². The van der Waals surface area contributed by atoms with Crippen LogP contribution in [0.15, 0.2) is 36.5 Å². The third-order valence-corrected chi connectivity index (χ3v) is 3.44. The average Bonchev–Trinajstić information content (AvgIpc) is 2.51. The summed E-state index contributed by atoms with van der Waals surface area (Å²) in [6.07, 6.45) is 0.861. The first kappa shape index (κ1) is 15.9. The van der Waals surface area contributed by atoms with Gasteiger partial charge in [-0.2, -0.15) is 0 Å². The Morgan fingerprint density at radius 1 is 1.36 bits per heavy atom. The van der Waals surface area contributed by atoms with Gasteiger partial charge in [-0.15, -0.1) is 0 Å². The number of amides is 2. The minimum absolute atomic E-state index is 0.311. The van der Waals surface area contributed by atoms with Crippen LogP contribution in [0.3, 0.4) is 0 Å². The van der Waals surface area contributed by atoms with E-state index in [1.807, 2.05) is 31.2 Å². The molecule has 1 aliphatic rings. The van der Waals surface area contributed by atoms with Crippen molar-refractivity contribution in [3.63, 3.8) is 0 Å². The number of hydrogen-bond donors (Lipinski definition) is 2. The van der Waals surface area contributed by atoms with Crippen molar-refractivity contribution in [3.05, 3.63) is 42.1 Å². The lowest BCUT2D eigenvalue weighted by Crippen LogP contribution is -2.51.